The maximum absolute atomic E-state index is 15.7. The summed E-state index contributed by atoms with van der Waals surface area (Å²) in [7, 11) is 0. The second kappa shape index (κ2) is 9.90. The van der Waals surface area contributed by atoms with Gasteiger partial charge in [0.2, 0.25) is 0 Å². The van der Waals surface area contributed by atoms with Gasteiger partial charge in [-0.05, 0) is 74.0 Å². The number of amides is 1. The predicted molar refractivity (Wildman–Crippen MR) is 145 cm³/mol. The van der Waals surface area contributed by atoms with Gasteiger partial charge in [-0.25, -0.2) is 14.4 Å². The molecule has 1 saturated heterocycles. The van der Waals surface area contributed by atoms with Gasteiger partial charge in [-0.3, -0.25) is 9.69 Å². The van der Waals surface area contributed by atoms with Crippen LogP contribution in [-0.2, 0) is 6.42 Å². The van der Waals surface area contributed by atoms with E-state index < -0.39 is 11.7 Å². The summed E-state index contributed by atoms with van der Waals surface area (Å²) in [5, 5.41) is 13.6. The lowest BCUT2D eigenvalue weighted by atomic mass is 10.0. The largest absolute Gasteiger partial charge is 0.315 e. The number of rotatable bonds is 5. The Bertz CT molecular complexity index is 1650. The van der Waals surface area contributed by atoms with E-state index in [1.54, 1.807) is 17.2 Å². The minimum atomic E-state index is -0.631. The Kier molecular flexibility index (Phi) is 6.29. The van der Waals surface area contributed by atoms with Crippen LogP contribution in [0.25, 0.3) is 27.6 Å². The summed E-state index contributed by atoms with van der Waals surface area (Å²) in [4.78, 5) is 25.0. The molecule has 8 nitrogen and oxygen atoms in total. The molecule has 0 unspecified atom stereocenters. The third kappa shape index (κ3) is 4.18. The van der Waals surface area contributed by atoms with E-state index in [4.69, 9.17) is 0 Å². The van der Waals surface area contributed by atoms with E-state index in [0.29, 0.717) is 29.2 Å². The fourth-order valence-electron chi connectivity index (χ4n) is 5.22. The van der Waals surface area contributed by atoms with Gasteiger partial charge in [-0.2, -0.15) is 4.68 Å². The first kappa shape index (κ1) is 24.1. The first-order valence-electron chi connectivity index (χ1n) is 12.9. The van der Waals surface area contributed by atoms with E-state index in [1.807, 2.05) is 50.2 Å². The minimum absolute atomic E-state index is 0.0154. The topological polar surface area (TPSA) is 88.8 Å². The zero-order valence-electron chi connectivity index (χ0n) is 21.4. The normalized spacial score (nSPS) is 15.7. The fraction of sp³-hybridized carbons (Fsp3) is 0.276. The summed E-state index contributed by atoms with van der Waals surface area (Å²) in [6.45, 7) is 5.53. The molecule has 4 heterocycles. The van der Waals surface area contributed by atoms with E-state index in [9.17, 15) is 4.79 Å². The molecule has 3 aromatic heterocycles. The number of fused-ring (bicyclic) bond motifs is 2. The molecule has 1 aliphatic heterocycles. The molecule has 1 aliphatic rings. The smallest absolute Gasteiger partial charge is 0.262 e. The molecule has 1 N–H and O–H groups in total. The summed E-state index contributed by atoms with van der Waals surface area (Å²) in [5.41, 5.74) is 3.51. The van der Waals surface area contributed by atoms with Crippen molar-refractivity contribution < 1.29 is 9.18 Å². The van der Waals surface area contributed by atoms with Crippen molar-refractivity contribution >= 4 is 33.7 Å². The van der Waals surface area contributed by atoms with Crippen LogP contribution in [0.1, 0.15) is 41.4 Å². The van der Waals surface area contributed by atoms with Crippen molar-refractivity contribution in [3.05, 3.63) is 83.4 Å². The summed E-state index contributed by atoms with van der Waals surface area (Å²) in [6, 6.07) is 16.1. The predicted octanol–water partition coefficient (Wildman–Crippen LogP) is 4.77. The molecule has 1 amide bonds. The molecular weight excluding hydrogens is 481 g/mol. The van der Waals surface area contributed by atoms with Gasteiger partial charge >= 0.3 is 0 Å². The molecular formula is C29H28FN7O. The highest BCUT2D eigenvalue weighted by molar-refractivity contribution is 6.11. The minimum Gasteiger partial charge on any atom is -0.315 e. The van der Waals surface area contributed by atoms with Crippen LogP contribution in [0.15, 0.2) is 60.8 Å². The number of carbonyl (C=O) groups excluding carboxylic acids is 1. The first-order chi connectivity index (χ1) is 18.5. The van der Waals surface area contributed by atoms with Crippen LogP contribution < -0.4 is 10.2 Å². The van der Waals surface area contributed by atoms with Crippen molar-refractivity contribution in [2.45, 2.75) is 39.2 Å². The van der Waals surface area contributed by atoms with Crippen molar-refractivity contribution in [1.29, 1.82) is 0 Å². The number of carbonyl (C=O) groups is 1. The number of aromatic nitrogens is 5. The highest BCUT2D eigenvalue weighted by Crippen LogP contribution is 2.32. The van der Waals surface area contributed by atoms with Gasteiger partial charge in [0.1, 0.15) is 17.2 Å². The quantitative estimate of drug-likeness (QED) is 0.367. The maximum Gasteiger partial charge on any atom is 0.262 e. The number of halogens is 1. The Balaban J connectivity index is 1.43. The van der Waals surface area contributed by atoms with E-state index in [2.05, 4.69) is 25.6 Å². The van der Waals surface area contributed by atoms with Crippen molar-refractivity contribution in [2.75, 3.05) is 18.0 Å². The average Bonchev–Trinajstić information content (AvgIpc) is 3.37. The molecule has 0 bridgehead atoms. The molecule has 5 aromatic rings. The van der Waals surface area contributed by atoms with Gasteiger partial charge in [0.25, 0.3) is 5.91 Å². The third-order valence-electron chi connectivity index (χ3n) is 7.21. The highest BCUT2D eigenvalue weighted by atomic mass is 19.1. The first-order valence-corrected chi connectivity index (χ1v) is 12.9. The summed E-state index contributed by atoms with van der Waals surface area (Å²) in [5.74, 6) is -0.490. The van der Waals surface area contributed by atoms with Crippen LogP contribution in [0.2, 0.25) is 0 Å². The molecule has 1 fully saturated rings. The van der Waals surface area contributed by atoms with Crippen molar-refractivity contribution in [2.24, 2.45) is 0 Å². The number of benzene rings is 2. The summed E-state index contributed by atoms with van der Waals surface area (Å²) >= 11 is 0. The Morgan fingerprint density at radius 3 is 2.87 bits per heavy atom. The molecule has 6 rings (SSSR count). The zero-order valence-corrected chi connectivity index (χ0v) is 21.4. The van der Waals surface area contributed by atoms with Crippen molar-refractivity contribution in [3.8, 4) is 5.69 Å². The van der Waals surface area contributed by atoms with E-state index >= 15 is 4.39 Å². The lowest BCUT2D eigenvalue weighted by Gasteiger charge is -2.35. The highest BCUT2D eigenvalue weighted by Gasteiger charge is 2.32. The monoisotopic (exact) mass is 509 g/mol. The van der Waals surface area contributed by atoms with Gasteiger partial charge in [-0.1, -0.05) is 30.3 Å². The Morgan fingerprint density at radius 2 is 2.08 bits per heavy atom. The van der Waals surface area contributed by atoms with Crippen LogP contribution >= 0.6 is 0 Å². The van der Waals surface area contributed by atoms with Crippen LogP contribution in [0.5, 0.6) is 0 Å². The number of nitrogens with one attached hydrogen (secondary N) is 1. The molecule has 0 saturated carbocycles. The van der Waals surface area contributed by atoms with Crippen LogP contribution in [0.4, 0.5) is 10.2 Å². The zero-order chi connectivity index (χ0) is 26.2. The number of hydrogen-bond donors (Lipinski definition) is 1. The number of hydrogen-bond acceptors (Lipinski definition) is 6. The lowest BCUT2D eigenvalue weighted by molar-refractivity contribution is 0.0968. The summed E-state index contributed by atoms with van der Waals surface area (Å²) in [6.07, 6.45) is 4.20. The SMILES string of the molecule is CCc1ccc2nnn(-c3ccc(C(=O)N(c4nccc5cccc(C)c45)[C@@H]4CCCNC4)c(F)c3)c2n1. The Labute approximate surface area is 219 Å². The van der Waals surface area contributed by atoms with Gasteiger partial charge in [0.05, 0.1) is 17.3 Å². The fourth-order valence-corrected chi connectivity index (χ4v) is 5.22. The second-order valence-corrected chi connectivity index (χ2v) is 9.65. The molecule has 1 atom stereocenters. The van der Waals surface area contributed by atoms with Gasteiger partial charge in [0.15, 0.2) is 5.65 Å². The van der Waals surface area contributed by atoms with Crippen molar-refractivity contribution in [3.63, 3.8) is 0 Å². The lowest BCUT2D eigenvalue weighted by Crippen LogP contribution is -2.49. The van der Waals surface area contributed by atoms with Crippen LogP contribution in [0.3, 0.4) is 0 Å². The molecule has 38 heavy (non-hydrogen) atoms. The van der Waals surface area contributed by atoms with Crippen LogP contribution in [-0.4, -0.2) is 50.0 Å². The van der Waals surface area contributed by atoms with E-state index in [1.165, 1.54) is 16.8 Å². The van der Waals surface area contributed by atoms with Crippen LogP contribution in [0, 0.1) is 12.7 Å². The number of aryl methyl sites for hydroxylation is 2. The van der Waals surface area contributed by atoms with E-state index in [0.717, 1.165) is 47.8 Å². The standard InChI is InChI=1S/C29H28FN7O/c1-3-20-9-12-25-27(33-20)37(35-34-25)21-10-11-23(24(30)16-21)29(38)36(22-8-5-14-31-17-22)28-26-18(2)6-4-7-19(26)13-15-32-28/h4,6-7,9-13,15-16,22,31H,3,5,8,14,17H2,1-2H3/t22-/m1/s1. The van der Waals surface area contributed by atoms with Crippen molar-refractivity contribution in [1.82, 2.24) is 30.3 Å². The molecule has 192 valence electrons. The van der Waals surface area contributed by atoms with Gasteiger partial charge in [0, 0.05) is 29.9 Å². The average molecular weight is 510 g/mol. The second-order valence-electron chi connectivity index (χ2n) is 9.65. The van der Waals surface area contributed by atoms with Gasteiger partial charge in [-0.15, -0.1) is 5.10 Å². The molecule has 0 aliphatic carbocycles. The van der Waals surface area contributed by atoms with E-state index in [-0.39, 0.29) is 11.6 Å². The number of nitrogens with zero attached hydrogens (tertiary/aromatic N) is 6. The number of piperidine rings is 1. The Hall–Kier alpha value is -4.24. The molecule has 2 aromatic carbocycles. The molecule has 0 spiro atoms. The summed E-state index contributed by atoms with van der Waals surface area (Å²) < 4.78 is 17.2. The Morgan fingerprint density at radius 1 is 1.18 bits per heavy atom. The maximum atomic E-state index is 15.7. The number of anilines is 1. The molecule has 9 heteroatoms. The third-order valence-corrected chi connectivity index (χ3v) is 7.21. The molecule has 0 radical (unpaired) electrons. The van der Waals surface area contributed by atoms with Gasteiger partial charge < -0.3 is 5.32 Å². The number of pyridine rings is 2.